The fourth-order valence-corrected chi connectivity index (χ4v) is 3.47. The van der Waals surface area contributed by atoms with Crippen LogP contribution in [0.25, 0.3) is 0 Å². The summed E-state index contributed by atoms with van der Waals surface area (Å²) in [7, 11) is 3.73. The SMILES string of the molecule is COc1ccc(N2CCN(C(=O)CN3CCCN(C)CC3)CC2=O)cc1. The number of likely N-dealkylation sites (N-methyl/N-ethyl adjacent to an activating group) is 1. The van der Waals surface area contributed by atoms with E-state index in [0.29, 0.717) is 19.6 Å². The minimum Gasteiger partial charge on any atom is -0.497 e. The number of benzene rings is 1. The fraction of sp³-hybridized carbons (Fsp3) is 0.579. The standard InChI is InChI=1S/C19H28N4O3/c1-20-8-3-9-21(11-10-20)14-18(24)22-12-13-23(19(25)15-22)16-4-6-17(26-2)7-5-16/h4-7H,3,8-15H2,1-2H3. The summed E-state index contributed by atoms with van der Waals surface area (Å²) in [5, 5.41) is 0. The molecular weight excluding hydrogens is 332 g/mol. The summed E-state index contributed by atoms with van der Waals surface area (Å²) in [5.74, 6) is 0.778. The average molecular weight is 360 g/mol. The second kappa shape index (κ2) is 8.51. The van der Waals surface area contributed by atoms with Crippen molar-refractivity contribution in [2.45, 2.75) is 6.42 Å². The summed E-state index contributed by atoms with van der Waals surface area (Å²) in [6.07, 6.45) is 1.08. The van der Waals surface area contributed by atoms with Gasteiger partial charge in [0.2, 0.25) is 11.8 Å². The van der Waals surface area contributed by atoms with E-state index in [1.807, 2.05) is 24.3 Å². The number of ether oxygens (including phenoxy) is 1. The fourth-order valence-electron chi connectivity index (χ4n) is 3.47. The lowest BCUT2D eigenvalue weighted by Crippen LogP contribution is -2.54. The van der Waals surface area contributed by atoms with Gasteiger partial charge in [0, 0.05) is 31.9 Å². The van der Waals surface area contributed by atoms with E-state index in [1.54, 1.807) is 16.9 Å². The summed E-state index contributed by atoms with van der Waals surface area (Å²) in [4.78, 5) is 33.1. The zero-order valence-electron chi connectivity index (χ0n) is 15.7. The van der Waals surface area contributed by atoms with E-state index in [2.05, 4.69) is 16.8 Å². The monoisotopic (exact) mass is 360 g/mol. The lowest BCUT2D eigenvalue weighted by atomic mass is 10.2. The Kier molecular flexibility index (Phi) is 6.11. The van der Waals surface area contributed by atoms with E-state index in [1.165, 1.54) is 0 Å². The molecule has 2 aliphatic heterocycles. The smallest absolute Gasteiger partial charge is 0.246 e. The normalized spacial score (nSPS) is 20.2. The molecule has 0 aromatic heterocycles. The molecule has 3 rings (SSSR count). The number of methoxy groups -OCH3 is 1. The van der Waals surface area contributed by atoms with Gasteiger partial charge < -0.3 is 19.4 Å². The van der Waals surface area contributed by atoms with Crippen molar-refractivity contribution in [2.75, 3.05) is 71.4 Å². The number of piperazine rings is 1. The van der Waals surface area contributed by atoms with Crippen LogP contribution in [0.5, 0.6) is 5.75 Å². The molecule has 7 heteroatoms. The first kappa shape index (κ1) is 18.7. The first-order chi connectivity index (χ1) is 12.6. The summed E-state index contributed by atoms with van der Waals surface area (Å²) in [5.41, 5.74) is 0.846. The Morgan fingerprint density at radius 2 is 1.81 bits per heavy atom. The third kappa shape index (κ3) is 4.53. The maximum atomic E-state index is 12.6. The van der Waals surface area contributed by atoms with Gasteiger partial charge in [-0.3, -0.25) is 14.5 Å². The van der Waals surface area contributed by atoms with E-state index in [9.17, 15) is 9.59 Å². The van der Waals surface area contributed by atoms with Crippen LogP contribution in [-0.2, 0) is 9.59 Å². The van der Waals surface area contributed by atoms with Crippen molar-refractivity contribution < 1.29 is 14.3 Å². The van der Waals surface area contributed by atoms with Gasteiger partial charge in [0.25, 0.3) is 0 Å². The average Bonchev–Trinajstić information content (AvgIpc) is 2.86. The molecule has 0 radical (unpaired) electrons. The molecule has 26 heavy (non-hydrogen) atoms. The van der Waals surface area contributed by atoms with Crippen LogP contribution >= 0.6 is 0 Å². The summed E-state index contributed by atoms with van der Waals surface area (Å²) in [6, 6.07) is 7.44. The molecule has 0 atom stereocenters. The molecule has 2 amide bonds. The Balaban J connectivity index is 1.54. The maximum absolute atomic E-state index is 12.6. The molecule has 1 aromatic carbocycles. The highest BCUT2D eigenvalue weighted by molar-refractivity contribution is 5.98. The van der Waals surface area contributed by atoms with Gasteiger partial charge in [-0.25, -0.2) is 0 Å². The molecule has 0 aliphatic carbocycles. The lowest BCUT2D eigenvalue weighted by molar-refractivity contribution is -0.137. The predicted molar refractivity (Wildman–Crippen MR) is 100 cm³/mol. The molecular formula is C19H28N4O3. The molecule has 0 spiro atoms. The van der Waals surface area contributed by atoms with Crippen LogP contribution in [-0.4, -0.2) is 93.0 Å². The summed E-state index contributed by atoms with van der Waals surface area (Å²) < 4.78 is 5.16. The molecule has 0 bridgehead atoms. The molecule has 1 aromatic rings. The second-order valence-corrected chi connectivity index (χ2v) is 6.99. The van der Waals surface area contributed by atoms with Crippen molar-refractivity contribution in [2.24, 2.45) is 0 Å². The molecule has 2 saturated heterocycles. The minimum atomic E-state index is -0.0367. The molecule has 142 valence electrons. The van der Waals surface area contributed by atoms with E-state index >= 15 is 0 Å². The van der Waals surface area contributed by atoms with E-state index < -0.39 is 0 Å². The Morgan fingerprint density at radius 1 is 1.04 bits per heavy atom. The molecule has 7 nitrogen and oxygen atoms in total. The van der Waals surface area contributed by atoms with E-state index in [4.69, 9.17) is 4.74 Å². The van der Waals surface area contributed by atoms with Gasteiger partial charge in [-0.15, -0.1) is 0 Å². The van der Waals surface area contributed by atoms with E-state index in [-0.39, 0.29) is 18.4 Å². The molecule has 2 aliphatic rings. The quantitative estimate of drug-likeness (QED) is 0.783. The van der Waals surface area contributed by atoms with Crippen LogP contribution in [0.4, 0.5) is 5.69 Å². The topological polar surface area (TPSA) is 56.3 Å². The Hall–Kier alpha value is -2.12. The van der Waals surface area contributed by atoms with Crippen LogP contribution in [0.1, 0.15) is 6.42 Å². The highest BCUT2D eigenvalue weighted by Crippen LogP contribution is 2.21. The van der Waals surface area contributed by atoms with Crippen molar-refractivity contribution in [3.8, 4) is 5.75 Å². The largest absolute Gasteiger partial charge is 0.497 e. The number of rotatable bonds is 4. The number of carbonyl (C=O) groups excluding carboxylic acids is 2. The Bertz CT molecular complexity index is 634. The molecule has 2 heterocycles. The number of hydrogen-bond donors (Lipinski definition) is 0. The molecule has 0 unspecified atom stereocenters. The highest BCUT2D eigenvalue weighted by atomic mass is 16.5. The van der Waals surface area contributed by atoms with Gasteiger partial charge in [0.15, 0.2) is 0 Å². The van der Waals surface area contributed by atoms with Crippen LogP contribution in [0.15, 0.2) is 24.3 Å². The van der Waals surface area contributed by atoms with Gasteiger partial charge in [-0.2, -0.15) is 0 Å². The van der Waals surface area contributed by atoms with Crippen LogP contribution in [0.2, 0.25) is 0 Å². The Morgan fingerprint density at radius 3 is 2.50 bits per heavy atom. The van der Waals surface area contributed by atoms with Crippen molar-refractivity contribution in [3.63, 3.8) is 0 Å². The predicted octanol–water partition coefficient (Wildman–Crippen LogP) is 0.508. The number of hydrogen-bond acceptors (Lipinski definition) is 5. The van der Waals surface area contributed by atoms with Crippen molar-refractivity contribution in [3.05, 3.63) is 24.3 Å². The third-order valence-corrected chi connectivity index (χ3v) is 5.13. The zero-order chi connectivity index (χ0) is 18.5. The zero-order valence-corrected chi connectivity index (χ0v) is 15.7. The number of amides is 2. The molecule has 0 N–H and O–H groups in total. The van der Waals surface area contributed by atoms with Gasteiger partial charge in [-0.1, -0.05) is 0 Å². The van der Waals surface area contributed by atoms with Crippen LogP contribution in [0.3, 0.4) is 0 Å². The molecule has 2 fully saturated rings. The third-order valence-electron chi connectivity index (χ3n) is 5.13. The first-order valence-corrected chi connectivity index (χ1v) is 9.20. The van der Waals surface area contributed by atoms with Gasteiger partial charge >= 0.3 is 0 Å². The van der Waals surface area contributed by atoms with Crippen LogP contribution < -0.4 is 9.64 Å². The van der Waals surface area contributed by atoms with Gasteiger partial charge in [-0.05, 0) is 50.8 Å². The lowest BCUT2D eigenvalue weighted by Gasteiger charge is -2.35. The van der Waals surface area contributed by atoms with Gasteiger partial charge in [0.05, 0.1) is 13.7 Å². The Labute approximate surface area is 155 Å². The highest BCUT2D eigenvalue weighted by Gasteiger charge is 2.29. The van der Waals surface area contributed by atoms with Gasteiger partial charge in [0.1, 0.15) is 12.3 Å². The second-order valence-electron chi connectivity index (χ2n) is 6.99. The minimum absolute atomic E-state index is 0.0367. The number of carbonyl (C=O) groups is 2. The number of nitrogens with zero attached hydrogens (tertiary/aromatic N) is 4. The van der Waals surface area contributed by atoms with E-state index in [0.717, 1.165) is 44.0 Å². The first-order valence-electron chi connectivity index (χ1n) is 9.20. The van der Waals surface area contributed by atoms with Crippen molar-refractivity contribution in [1.82, 2.24) is 14.7 Å². The maximum Gasteiger partial charge on any atom is 0.246 e. The summed E-state index contributed by atoms with van der Waals surface area (Å²) in [6.45, 7) is 5.56. The van der Waals surface area contributed by atoms with Crippen LogP contribution in [0, 0.1) is 0 Å². The van der Waals surface area contributed by atoms with Crippen molar-refractivity contribution >= 4 is 17.5 Å². The summed E-state index contributed by atoms with van der Waals surface area (Å²) >= 11 is 0. The number of anilines is 1. The molecule has 0 saturated carbocycles. The van der Waals surface area contributed by atoms with Crippen molar-refractivity contribution in [1.29, 1.82) is 0 Å².